The molecule has 4 fully saturated rings. The summed E-state index contributed by atoms with van der Waals surface area (Å²) in [6.07, 6.45) is 20.4. The van der Waals surface area contributed by atoms with Gasteiger partial charge in [0.25, 0.3) is 16.7 Å². The third-order valence-corrected chi connectivity index (χ3v) is 18.2. The van der Waals surface area contributed by atoms with Crippen LogP contribution >= 0.6 is 0 Å². The molecule has 0 aliphatic carbocycles. The number of hydrogen-bond donors (Lipinski definition) is 5. The third kappa shape index (κ3) is 28.3. The number of pyridine rings is 5. The second-order valence-corrected chi connectivity index (χ2v) is 31.0. The van der Waals surface area contributed by atoms with Gasteiger partial charge >= 0.3 is 47.9 Å². The van der Waals surface area contributed by atoms with Gasteiger partial charge in [0.1, 0.15) is 16.8 Å². The summed E-state index contributed by atoms with van der Waals surface area (Å²) in [7, 11) is -0.393. The summed E-state index contributed by atoms with van der Waals surface area (Å²) in [5, 5.41) is 31.7. The van der Waals surface area contributed by atoms with Crippen molar-refractivity contribution in [2.45, 2.75) is 200 Å². The summed E-state index contributed by atoms with van der Waals surface area (Å²) in [4.78, 5) is 127. The summed E-state index contributed by atoms with van der Waals surface area (Å²) in [6.45, 7) is 41.8. The van der Waals surface area contributed by atoms with Crippen molar-refractivity contribution in [2.24, 2.45) is 0 Å². The number of carbonyl (C=O) groups is 3. The number of ether oxygens (including phenoxy) is 3. The minimum atomic E-state index is -0.723. The Balaban J connectivity index is 0.000000241. The number of nitrogen functional groups attached to an aromatic ring is 3. The first-order valence-corrected chi connectivity index (χ1v) is 37.1. The van der Waals surface area contributed by atoms with Gasteiger partial charge in [-0.3, -0.25) is 63.5 Å². The van der Waals surface area contributed by atoms with Crippen LogP contribution in [0.4, 0.5) is 42.8 Å². The van der Waals surface area contributed by atoms with Gasteiger partial charge in [-0.1, -0.05) is 6.58 Å². The molecule has 112 heavy (non-hydrogen) atoms. The van der Waals surface area contributed by atoms with Gasteiger partial charge in [-0.05, 0) is 221 Å². The average molecular weight is 1560 g/mol. The van der Waals surface area contributed by atoms with Crippen molar-refractivity contribution in [1.82, 2.24) is 48.2 Å². The van der Waals surface area contributed by atoms with E-state index in [1.54, 1.807) is 80.8 Å². The molecular weight excluding hydrogens is 1450 g/mol. The van der Waals surface area contributed by atoms with Crippen LogP contribution in [0.1, 0.15) is 172 Å². The smallest absolute Gasteiger partial charge is 0.444 e. The minimum absolute atomic E-state index is 0.0535. The molecule has 11 heterocycles. The maximum absolute atomic E-state index is 12.2. The number of nitro groups is 2. The molecule has 6 aliphatic heterocycles. The van der Waals surface area contributed by atoms with Crippen molar-refractivity contribution in [3.63, 3.8) is 0 Å². The number of amides is 3. The lowest BCUT2D eigenvalue weighted by Crippen LogP contribution is -2.45. The van der Waals surface area contributed by atoms with Crippen molar-refractivity contribution in [2.75, 3.05) is 82.6 Å². The minimum Gasteiger partial charge on any atom is -0.444 e. The van der Waals surface area contributed by atoms with E-state index in [2.05, 4.69) is 26.6 Å². The van der Waals surface area contributed by atoms with Crippen molar-refractivity contribution in [1.29, 1.82) is 5.26 Å². The second-order valence-electron chi connectivity index (χ2n) is 31.0. The van der Waals surface area contributed by atoms with E-state index in [-0.39, 0.29) is 63.9 Å². The van der Waals surface area contributed by atoms with Gasteiger partial charge in [0.15, 0.2) is 0 Å². The number of aromatic amines is 1. The number of nitrogens with two attached hydrogens (primary N) is 3. The molecule has 6 aliphatic rings. The number of nitrogens with one attached hydrogen (secondary N) is 2. The van der Waals surface area contributed by atoms with Gasteiger partial charge in [-0.2, -0.15) is 5.26 Å². The fraction of sp³-hybridized carbons (Fsp3) is 0.532. The Morgan fingerprint density at radius 2 is 1.10 bits per heavy atom. The van der Waals surface area contributed by atoms with Crippen LogP contribution in [0.15, 0.2) is 146 Å². The summed E-state index contributed by atoms with van der Waals surface area (Å²) in [5.41, 5.74) is 14.2. The predicted octanol–water partition coefficient (Wildman–Crippen LogP) is 10.4. The van der Waals surface area contributed by atoms with E-state index in [9.17, 15) is 58.6 Å². The first-order valence-electron chi connectivity index (χ1n) is 37.1. The zero-order valence-corrected chi connectivity index (χ0v) is 66.6. The van der Waals surface area contributed by atoms with Crippen molar-refractivity contribution < 1.29 is 47.7 Å². The maximum Gasteiger partial charge on any atom is 0.492 e. The summed E-state index contributed by atoms with van der Waals surface area (Å²) in [5.74, 6) is 0. The number of hydrogen-bond acceptors (Lipinski definition) is 23. The van der Waals surface area contributed by atoms with Crippen LogP contribution < -0.4 is 50.3 Å². The van der Waals surface area contributed by atoms with Crippen molar-refractivity contribution in [3.05, 3.63) is 206 Å². The largest absolute Gasteiger partial charge is 0.492 e. The Kier molecular flexibility index (Phi) is 34.1. The Labute approximate surface area is 652 Å². The van der Waals surface area contributed by atoms with Crippen molar-refractivity contribution in [3.8, 4) is 6.07 Å². The van der Waals surface area contributed by atoms with E-state index in [0.29, 0.717) is 62.6 Å². The highest BCUT2D eigenvalue weighted by atomic mass is 16.7. The van der Waals surface area contributed by atoms with Crippen LogP contribution in [-0.2, 0) is 23.5 Å². The molecule has 4 saturated heterocycles. The molecule has 11 rings (SSSR count). The Hall–Kier alpha value is -11.1. The number of rotatable bonds is 9. The van der Waals surface area contributed by atoms with E-state index in [1.807, 2.05) is 100.0 Å². The molecule has 3 unspecified atom stereocenters. The standard InChI is InChI=1S/C16H28BNO4.C15H19N3O5.C15H23N3O3.C13H18N4O.C10H15N3O.C5H4N2O3.C3H3N/c1-14(2,3)20-13(19)18-10-8-9-12(11-18)17-21-15(4,5)16(6,7)22-17;1-15(2,3)23-14(20)16-8-4-6-11(10-16)17-9-5-7-12(13(17)19)18(21)22;1-15(2,3)21-14(20)17-8-4-6-11(10-17)18-9-5-7-12(16)13(18)19;1-15-6-9-16-7-2-4-11(10-16)17-8-3-5-12(14)13(17)18;11-9-4-2-6-13(10(9)14)8-3-1-5-12-7-8;8-5-4(7(9)10)2-1-3-6-5;1-2-3-4/h11H,8-10H2,1-7H3;5,7,9-10H,4,6,8H2,1-3H3;5,7,9,11H,4,6,8,10,16H2,1-3H3;3,5,8,11H,2,4,6-7,9-10,14H2;2,4,6,8,12H,1,3,5,7,11H2;1-3H,(H,6,8);2H,1H2. The Morgan fingerprint density at radius 1 is 0.643 bits per heavy atom. The highest BCUT2D eigenvalue weighted by Gasteiger charge is 2.53. The lowest BCUT2D eigenvalue weighted by molar-refractivity contribution is -0.386. The number of aromatic nitrogens is 5. The number of likely N-dealkylation sites (tertiary alicyclic amines) is 2. The van der Waals surface area contributed by atoms with E-state index in [1.165, 1.54) is 46.3 Å². The molecule has 8 N–H and O–H groups in total. The molecule has 0 aromatic carbocycles. The van der Waals surface area contributed by atoms with Crippen LogP contribution in [0.2, 0.25) is 0 Å². The van der Waals surface area contributed by atoms with Gasteiger partial charge in [-0.25, -0.2) is 21.0 Å². The van der Waals surface area contributed by atoms with Crippen LogP contribution in [0.5, 0.6) is 0 Å². The van der Waals surface area contributed by atoms with Crippen molar-refractivity contribution >= 4 is 59.5 Å². The molecule has 35 heteroatoms. The molecule has 5 aromatic rings. The monoisotopic (exact) mass is 1560 g/mol. The molecule has 0 radical (unpaired) electrons. The predicted molar refractivity (Wildman–Crippen MR) is 428 cm³/mol. The normalized spacial score (nSPS) is 18.5. The quantitative estimate of drug-likeness (QED) is 0.0228. The van der Waals surface area contributed by atoms with Crippen LogP contribution in [-0.4, -0.2) is 172 Å². The van der Waals surface area contributed by atoms with Gasteiger partial charge < -0.3 is 74.5 Å². The number of allylic oxidation sites excluding steroid dienone is 3. The lowest BCUT2D eigenvalue weighted by Gasteiger charge is -2.34. The summed E-state index contributed by atoms with van der Waals surface area (Å²) < 4.78 is 34.5. The molecule has 3 amide bonds. The fourth-order valence-electron chi connectivity index (χ4n) is 12.1. The molecule has 5 aromatic heterocycles. The van der Waals surface area contributed by atoms with E-state index in [0.717, 1.165) is 102 Å². The highest BCUT2D eigenvalue weighted by molar-refractivity contribution is 6.54. The topological polar surface area (TPSA) is 436 Å². The third-order valence-electron chi connectivity index (χ3n) is 18.2. The number of anilines is 3. The first kappa shape index (κ1) is 91.5. The number of piperidine rings is 3. The van der Waals surface area contributed by atoms with Gasteiger partial charge in [0.2, 0.25) is 6.54 Å². The molecular formula is C77H110BN17O17. The summed E-state index contributed by atoms with van der Waals surface area (Å²) >= 11 is 0. The van der Waals surface area contributed by atoms with Crippen LogP contribution in [0.25, 0.3) is 10.5 Å². The fourth-order valence-corrected chi connectivity index (χ4v) is 12.1. The number of carbonyl (C=O) groups excluding carboxylic acids is 3. The molecule has 0 spiro atoms. The Bertz CT molecular complexity index is 4490. The lowest BCUT2D eigenvalue weighted by atomic mass is 9.75. The zero-order valence-electron chi connectivity index (χ0n) is 66.6. The molecule has 34 nitrogen and oxygen atoms in total. The van der Waals surface area contributed by atoms with Gasteiger partial charge in [-0.15, -0.1) is 0 Å². The number of H-pyrrole nitrogens is 1. The molecule has 3 atom stereocenters. The highest BCUT2D eigenvalue weighted by Crippen LogP contribution is 2.40. The van der Waals surface area contributed by atoms with Crippen LogP contribution in [0, 0.1) is 38.1 Å². The molecule has 0 bridgehead atoms. The van der Waals surface area contributed by atoms with E-state index >= 15 is 0 Å². The first-order chi connectivity index (χ1) is 52.5. The van der Waals surface area contributed by atoms with E-state index < -0.39 is 62.4 Å². The average Bonchev–Trinajstić information content (AvgIpc) is 1.62. The Morgan fingerprint density at radius 3 is 1.56 bits per heavy atom. The summed E-state index contributed by atoms with van der Waals surface area (Å²) in [6, 6.07) is 17.5. The van der Waals surface area contributed by atoms with Gasteiger partial charge in [0.05, 0.1) is 56.8 Å². The van der Waals surface area contributed by atoms with Gasteiger partial charge in [0, 0.05) is 119 Å². The van der Waals surface area contributed by atoms with E-state index in [4.69, 9.17) is 52.6 Å². The molecule has 608 valence electrons. The number of nitrogens with zero attached hydrogens (tertiary/aromatic N) is 12. The second kappa shape index (κ2) is 41.8. The zero-order chi connectivity index (χ0) is 83.5. The SMILES string of the molecule is C=CC#N.CC(C)(C)OC(=O)N1C=C(B2OC(C)(C)C(C)(C)O2)CCC1.CC(C)(C)OC(=O)N1C=C(n2cccc([N+](=O)[O-])c2=O)CCC1.CC(C)(C)OC(=O)N1CCCC(n2cccc(N)c2=O)C1.Nc1cccn(C2CCCNC2)c1=O.O=c1[nH]cccc1[N+](=O)[O-].[C-]#[N+]CCN1CCCC(n2cccc(N)c2=O)C1. The number of nitriles is 1. The maximum atomic E-state index is 12.2. The molecule has 0 saturated carbocycles. The van der Waals surface area contributed by atoms with Crippen LogP contribution in [0.3, 0.4) is 0 Å².